The maximum Gasteiger partial charge on any atom is 0.260 e. The third-order valence-corrected chi connectivity index (χ3v) is 6.25. The molecule has 1 heterocycles. The highest BCUT2D eigenvalue weighted by Gasteiger charge is 2.22. The summed E-state index contributed by atoms with van der Waals surface area (Å²) in [5.74, 6) is 0.717. The Morgan fingerprint density at radius 1 is 1.21 bits per heavy atom. The Bertz CT molecular complexity index is 938. The molecule has 5 nitrogen and oxygen atoms in total. The number of nitrogens with zero attached hydrogens (tertiary/aromatic N) is 2. The van der Waals surface area contributed by atoms with Crippen molar-refractivity contribution < 1.29 is 14.4 Å². The number of carbonyl (C=O) groups is 1. The molecule has 0 saturated heterocycles. The maximum absolute atomic E-state index is 13.3. The Hall–Kier alpha value is -2.09. The zero-order valence-electron chi connectivity index (χ0n) is 16.7. The van der Waals surface area contributed by atoms with Crippen LogP contribution in [0.5, 0.6) is 5.75 Å². The number of aromatic nitrogens is 1. The average molecular weight is 417 g/mol. The number of hydrogen-bond acceptors (Lipinski definition) is 5. The molecule has 3 rings (SSSR count). The predicted molar refractivity (Wildman–Crippen MR) is 118 cm³/mol. The van der Waals surface area contributed by atoms with E-state index in [1.54, 1.807) is 23.8 Å². The highest BCUT2D eigenvalue weighted by molar-refractivity contribution is 7.98. The van der Waals surface area contributed by atoms with E-state index in [4.69, 9.17) is 9.72 Å². The molecule has 0 radical (unpaired) electrons. The first-order valence-electron chi connectivity index (χ1n) is 9.22. The number of ether oxygens (including phenoxy) is 1. The molecule has 0 atom stereocenters. The normalized spacial score (nSPS) is 11.2. The van der Waals surface area contributed by atoms with Crippen LogP contribution in [0, 0.1) is 0 Å². The van der Waals surface area contributed by atoms with Crippen molar-refractivity contribution in [1.82, 2.24) is 4.98 Å². The molecule has 1 N–H and O–H groups in total. The van der Waals surface area contributed by atoms with E-state index in [1.807, 2.05) is 48.7 Å². The molecule has 1 aromatic heterocycles. The van der Waals surface area contributed by atoms with Crippen molar-refractivity contribution in [2.45, 2.75) is 11.3 Å². The Balaban J connectivity index is 1.94. The lowest BCUT2D eigenvalue weighted by Gasteiger charge is -2.20. The largest absolute Gasteiger partial charge is 0.494 e. The van der Waals surface area contributed by atoms with Crippen molar-refractivity contribution in [3.05, 3.63) is 48.0 Å². The van der Waals surface area contributed by atoms with Crippen LogP contribution in [0.4, 0.5) is 5.13 Å². The fourth-order valence-corrected chi connectivity index (χ4v) is 4.37. The number of methoxy groups -OCH3 is 1. The number of quaternary nitrogens is 1. The third kappa shape index (κ3) is 4.66. The molecular weight excluding hydrogens is 390 g/mol. The van der Waals surface area contributed by atoms with Gasteiger partial charge in [-0.2, -0.15) is 0 Å². The van der Waals surface area contributed by atoms with Crippen molar-refractivity contribution in [2.75, 3.05) is 45.5 Å². The molecule has 0 aliphatic carbocycles. The van der Waals surface area contributed by atoms with Gasteiger partial charge < -0.3 is 9.64 Å². The summed E-state index contributed by atoms with van der Waals surface area (Å²) in [4.78, 5) is 22.4. The molecular formula is C21H26N3O2S2+. The highest BCUT2D eigenvalue weighted by atomic mass is 32.2. The number of benzene rings is 2. The van der Waals surface area contributed by atoms with E-state index in [0.717, 1.165) is 33.8 Å². The molecule has 28 heavy (non-hydrogen) atoms. The van der Waals surface area contributed by atoms with Gasteiger partial charge in [0.05, 0.1) is 32.4 Å². The Labute approximate surface area is 174 Å². The molecule has 0 saturated carbocycles. The number of carbonyl (C=O) groups excluding carboxylic acids is 1. The van der Waals surface area contributed by atoms with Gasteiger partial charge in [0.15, 0.2) is 5.13 Å². The molecule has 0 bridgehead atoms. The van der Waals surface area contributed by atoms with Gasteiger partial charge >= 0.3 is 0 Å². The van der Waals surface area contributed by atoms with Crippen molar-refractivity contribution >= 4 is 44.4 Å². The lowest BCUT2D eigenvalue weighted by atomic mass is 10.2. The van der Waals surface area contributed by atoms with E-state index in [1.165, 1.54) is 16.2 Å². The number of thiazole rings is 1. The number of para-hydroxylation sites is 1. The minimum atomic E-state index is -0.0144. The SMILES string of the molecule is COc1cccc2sc(N(CCC[NH+](C)C)C(=O)c3ccc(SC)cc3)nc12. The minimum absolute atomic E-state index is 0.0144. The molecule has 7 heteroatoms. The standard InChI is InChI=1S/C21H25N3O2S2/c1-23(2)13-6-14-24(20(25)15-9-11-16(27-4)12-10-15)21-22-19-17(26-3)7-5-8-18(19)28-21/h5,7-12H,6,13-14H2,1-4H3/p+1. The van der Waals surface area contributed by atoms with Gasteiger partial charge in [-0.3, -0.25) is 9.69 Å². The summed E-state index contributed by atoms with van der Waals surface area (Å²) in [6, 6.07) is 13.6. The van der Waals surface area contributed by atoms with E-state index in [2.05, 4.69) is 14.1 Å². The first kappa shape index (κ1) is 20.6. The molecule has 0 fully saturated rings. The monoisotopic (exact) mass is 416 g/mol. The smallest absolute Gasteiger partial charge is 0.260 e. The second kappa shape index (κ2) is 9.41. The van der Waals surface area contributed by atoms with Crippen LogP contribution in [0.1, 0.15) is 16.8 Å². The fourth-order valence-electron chi connectivity index (χ4n) is 2.96. The van der Waals surface area contributed by atoms with Crippen LogP contribution < -0.4 is 14.5 Å². The molecule has 1 amide bonds. The fraction of sp³-hybridized carbons (Fsp3) is 0.333. The van der Waals surface area contributed by atoms with Gasteiger partial charge in [0.1, 0.15) is 11.3 Å². The summed E-state index contributed by atoms with van der Waals surface area (Å²) in [5, 5.41) is 0.715. The molecule has 0 aliphatic rings. The van der Waals surface area contributed by atoms with Crippen molar-refractivity contribution in [2.24, 2.45) is 0 Å². The van der Waals surface area contributed by atoms with Crippen LogP contribution in [-0.2, 0) is 0 Å². The van der Waals surface area contributed by atoms with Gasteiger partial charge in [-0.05, 0) is 42.7 Å². The van der Waals surface area contributed by atoms with Gasteiger partial charge in [-0.15, -0.1) is 11.8 Å². The zero-order valence-corrected chi connectivity index (χ0v) is 18.3. The number of thioether (sulfide) groups is 1. The summed E-state index contributed by atoms with van der Waals surface area (Å²) < 4.78 is 6.46. The van der Waals surface area contributed by atoms with Crippen LogP contribution in [0.3, 0.4) is 0 Å². The summed E-state index contributed by atoms with van der Waals surface area (Å²) in [7, 11) is 5.88. The van der Waals surface area contributed by atoms with Gasteiger partial charge in [0.2, 0.25) is 0 Å². The Kier molecular flexibility index (Phi) is 6.93. The van der Waals surface area contributed by atoms with Gasteiger partial charge in [-0.25, -0.2) is 4.98 Å². The quantitative estimate of drug-likeness (QED) is 0.573. The van der Waals surface area contributed by atoms with Gasteiger partial charge in [0.25, 0.3) is 5.91 Å². The minimum Gasteiger partial charge on any atom is -0.494 e. The van der Waals surface area contributed by atoms with Crippen LogP contribution in [-0.4, -0.2) is 51.4 Å². The van der Waals surface area contributed by atoms with Gasteiger partial charge in [0, 0.05) is 23.4 Å². The van der Waals surface area contributed by atoms with E-state index in [9.17, 15) is 4.79 Å². The number of anilines is 1. The lowest BCUT2D eigenvalue weighted by Crippen LogP contribution is -3.05. The average Bonchev–Trinajstić information content (AvgIpc) is 3.14. The molecule has 3 aromatic rings. The molecule has 148 valence electrons. The third-order valence-electron chi connectivity index (χ3n) is 4.46. The first-order valence-corrected chi connectivity index (χ1v) is 11.3. The lowest BCUT2D eigenvalue weighted by molar-refractivity contribution is -0.858. The predicted octanol–water partition coefficient (Wildman–Crippen LogP) is 3.21. The first-order chi connectivity index (χ1) is 13.5. The van der Waals surface area contributed by atoms with Crippen molar-refractivity contribution in [1.29, 1.82) is 0 Å². The van der Waals surface area contributed by atoms with E-state index in [-0.39, 0.29) is 5.91 Å². The number of nitrogens with one attached hydrogen (secondary N) is 1. The van der Waals surface area contributed by atoms with E-state index in [0.29, 0.717) is 17.2 Å². The summed E-state index contributed by atoms with van der Waals surface area (Å²) >= 11 is 3.19. The molecule has 0 spiro atoms. The Morgan fingerprint density at radius 2 is 1.96 bits per heavy atom. The molecule has 0 unspecified atom stereocenters. The van der Waals surface area contributed by atoms with E-state index >= 15 is 0 Å². The van der Waals surface area contributed by atoms with Gasteiger partial charge in [-0.1, -0.05) is 17.4 Å². The zero-order chi connectivity index (χ0) is 20.1. The summed E-state index contributed by atoms with van der Waals surface area (Å²) in [6.45, 7) is 1.62. The number of fused-ring (bicyclic) bond motifs is 1. The summed E-state index contributed by atoms with van der Waals surface area (Å²) in [5.41, 5.74) is 1.49. The van der Waals surface area contributed by atoms with Crippen molar-refractivity contribution in [3.63, 3.8) is 0 Å². The second-order valence-electron chi connectivity index (χ2n) is 6.80. The number of hydrogen-bond donors (Lipinski definition) is 1. The van der Waals surface area contributed by atoms with Crippen LogP contribution >= 0.6 is 23.1 Å². The van der Waals surface area contributed by atoms with Crippen LogP contribution in [0.15, 0.2) is 47.4 Å². The maximum atomic E-state index is 13.3. The molecule has 2 aromatic carbocycles. The van der Waals surface area contributed by atoms with Crippen molar-refractivity contribution in [3.8, 4) is 5.75 Å². The highest BCUT2D eigenvalue weighted by Crippen LogP contribution is 2.34. The summed E-state index contributed by atoms with van der Waals surface area (Å²) in [6.07, 6.45) is 2.94. The Morgan fingerprint density at radius 3 is 2.61 bits per heavy atom. The number of rotatable bonds is 8. The molecule has 0 aliphatic heterocycles. The van der Waals surface area contributed by atoms with Crippen LogP contribution in [0.25, 0.3) is 10.2 Å². The second-order valence-corrected chi connectivity index (χ2v) is 8.69. The van der Waals surface area contributed by atoms with Crippen LogP contribution in [0.2, 0.25) is 0 Å². The topological polar surface area (TPSA) is 46.9 Å². The van der Waals surface area contributed by atoms with E-state index < -0.39 is 0 Å². The number of amides is 1.